The van der Waals surface area contributed by atoms with Crippen LogP contribution in [0.25, 0.3) is 0 Å². The summed E-state index contributed by atoms with van der Waals surface area (Å²) < 4.78 is 0. The normalized spacial score (nSPS) is 16.9. The van der Waals surface area contributed by atoms with Crippen molar-refractivity contribution in [1.29, 1.82) is 5.41 Å². The van der Waals surface area contributed by atoms with Gasteiger partial charge in [0.25, 0.3) is 0 Å². The molecule has 0 radical (unpaired) electrons. The van der Waals surface area contributed by atoms with Gasteiger partial charge < -0.3 is 4.90 Å². The number of rotatable bonds is 3. The molecule has 1 saturated heterocycles. The lowest BCUT2D eigenvalue weighted by atomic mass is 10.4. The first-order chi connectivity index (χ1) is 6.36. The number of nitrogens with one attached hydrogen (secondary N) is 1. The summed E-state index contributed by atoms with van der Waals surface area (Å²) >= 11 is 1.70. The van der Waals surface area contributed by atoms with Crippen LogP contribution in [0.4, 0.5) is 0 Å². The molecule has 0 aromatic carbocycles. The van der Waals surface area contributed by atoms with E-state index < -0.39 is 0 Å². The lowest BCUT2D eigenvalue weighted by Gasteiger charge is -2.16. The monoisotopic (exact) mass is 195 g/mol. The second kappa shape index (κ2) is 3.87. The summed E-state index contributed by atoms with van der Waals surface area (Å²) in [6, 6.07) is 0. The van der Waals surface area contributed by atoms with E-state index in [9.17, 15) is 0 Å². The second-order valence-corrected chi connectivity index (χ2v) is 4.19. The SMILES string of the molecule is N=C1CCCN1CCc1nccs1. The molecule has 1 N–H and O–H groups in total. The summed E-state index contributed by atoms with van der Waals surface area (Å²) in [6.45, 7) is 2.02. The van der Waals surface area contributed by atoms with Gasteiger partial charge in [0.15, 0.2) is 0 Å². The van der Waals surface area contributed by atoms with Crippen molar-refractivity contribution in [1.82, 2.24) is 9.88 Å². The third kappa shape index (κ3) is 2.06. The van der Waals surface area contributed by atoms with Gasteiger partial charge in [-0.25, -0.2) is 4.98 Å². The van der Waals surface area contributed by atoms with Gasteiger partial charge in [-0.1, -0.05) is 0 Å². The van der Waals surface area contributed by atoms with Gasteiger partial charge in [-0.15, -0.1) is 11.3 Å². The summed E-state index contributed by atoms with van der Waals surface area (Å²) in [4.78, 5) is 6.38. The Labute approximate surface area is 81.9 Å². The highest BCUT2D eigenvalue weighted by atomic mass is 32.1. The number of hydrogen-bond donors (Lipinski definition) is 1. The zero-order chi connectivity index (χ0) is 9.10. The predicted octanol–water partition coefficient (Wildman–Crippen LogP) is 1.76. The van der Waals surface area contributed by atoms with Crippen molar-refractivity contribution in [2.24, 2.45) is 0 Å². The molecule has 3 nitrogen and oxygen atoms in total. The van der Waals surface area contributed by atoms with E-state index in [0.717, 1.165) is 38.2 Å². The van der Waals surface area contributed by atoms with Crippen LogP contribution < -0.4 is 0 Å². The van der Waals surface area contributed by atoms with E-state index in [0.29, 0.717) is 0 Å². The summed E-state index contributed by atoms with van der Waals surface area (Å²) in [7, 11) is 0. The standard InChI is InChI=1S/C9H13N3S/c10-8-2-1-5-12(8)6-3-9-11-4-7-13-9/h4,7,10H,1-3,5-6H2. The van der Waals surface area contributed by atoms with E-state index in [4.69, 9.17) is 5.41 Å². The predicted molar refractivity (Wildman–Crippen MR) is 54.4 cm³/mol. The third-order valence-corrected chi connectivity index (χ3v) is 3.14. The highest BCUT2D eigenvalue weighted by Gasteiger charge is 2.16. The molecule has 70 valence electrons. The van der Waals surface area contributed by atoms with Crippen LogP contribution in [-0.4, -0.2) is 28.8 Å². The Hall–Kier alpha value is -0.900. The van der Waals surface area contributed by atoms with Gasteiger partial charge in [0.05, 0.1) is 10.8 Å². The van der Waals surface area contributed by atoms with Gasteiger partial charge in [0, 0.05) is 37.5 Å². The highest BCUT2D eigenvalue weighted by Crippen LogP contribution is 2.12. The Morgan fingerprint density at radius 2 is 2.54 bits per heavy atom. The maximum Gasteiger partial charge on any atom is 0.0958 e. The van der Waals surface area contributed by atoms with Crippen molar-refractivity contribution in [3.05, 3.63) is 16.6 Å². The molecule has 0 bridgehead atoms. The molecule has 0 amide bonds. The van der Waals surface area contributed by atoms with Gasteiger partial charge in [0.2, 0.25) is 0 Å². The molecular formula is C9H13N3S. The lowest BCUT2D eigenvalue weighted by molar-refractivity contribution is 0.455. The summed E-state index contributed by atoms with van der Waals surface area (Å²) in [6.07, 6.45) is 4.93. The fourth-order valence-corrected chi connectivity index (χ4v) is 2.19. The number of nitrogens with zero attached hydrogens (tertiary/aromatic N) is 2. The first kappa shape index (κ1) is 8.69. The highest BCUT2D eigenvalue weighted by molar-refractivity contribution is 7.09. The average Bonchev–Trinajstić information content (AvgIpc) is 2.72. The molecule has 1 aromatic heterocycles. The van der Waals surface area contributed by atoms with Crippen molar-refractivity contribution in [3.63, 3.8) is 0 Å². The number of hydrogen-bond acceptors (Lipinski definition) is 3. The number of thiazole rings is 1. The van der Waals surface area contributed by atoms with E-state index in [1.807, 2.05) is 11.6 Å². The van der Waals surface area contributed by atoms with Crippen LogP contribution in [0.1, 0.15) is 17.8 Å². The Bertz CT molecular complexity index is 281. The first-order valence-electron chi connectivity index (χ1n) is 4.57. The zero-order valence-corrected chi connectivity index (χ0v) is 8.31. The minimum atomic E-state index is 0.802. The molecule has 1 aliphatic heterocycles. The van der Waals surface area contributed by atoms with Crippen LogP contribution in [0.3, 0.4) is 0 Å². The number of aromatic nitrogens is 1. The Morgan fingerprint density at radius 1 is 1.62 bits per heavy atom. The molecule has 0 atom stereocenters. The lowest BCUT2D eigenvalue weighted by Crippen LogP contribution is -2.26. The van der Waals surface area contributed by atoms with Crippen LogP contribution in [0.5, 0.6) is 0 Å². The molecular weight excluding hydrogens is 182 g/mol. The van der Waals surface area contributed by atoms with E-state index >= 15 is 0 Å². The van der Waals surface area contributed by atoms with Gasteiger partial charge in [-0.3, -0.25) is 5.41 Å². The van der Waals surface area contributed by atoms with Crippen LogP contribution in [-0.2, 0) is 6.42 Å². The number of likely N-dealkylation sites (tertiary alicyclic amines) is 1. The largest absolute Gasteiger partial charge is 0.360 e. The van der Waals surface area contributed by atoms with Crippen LogP contribution in [0.2, 0.25) is 0 Å². The van der Waals surface area contributed by atoms with Crippen molar-refractivity contribution in [2.75, 3.05) is 13.1 Å². The Balaban J connectivity index is 1.82. The zero-order valence-electron chi connectivity index (χ0n) is 7.49. The van der Waals surface area contributed by atoms with E-state index in [2.05, 4.69) is 9.88 Å². The molecule has 0 saturated carbocycles. The minimum Gasteiger partial charge on any atom is -0.360 e. The van der Waals surface area contributed by atoms with Crippen molar-refractivity contribution in [3.8, 4) is 0 Å². The molecule has 0 aliphatic carbocycles. The smallest absolute Gasteiger partial charge is 0.0958 e. The molecule has 2 heterocycles. The second-order valence-electron chi connectivity index (χ2n) is 3.21. The van der Waals surface area contributed by atoms with Crippen LogP contribution in [0, 0.1) is 5.41 Å². The van der Waals surface area contributed by atoms with Gasteiger partial charge >= 0.3 is 0 Å². The summed E-state index contributed by atoms with van der Waals surface area (Å²) in [5, 5.41) is 10.8. The van der Waals surface area contributed by atoms with Crippen LogP contribution in [0.15, 0.2) is 11.6 Å². The summed E-state index contributed by atoms with van der Waals surface area (Å²) in [5.41, 5.74) is 0. The fraction of sp³-hybridized carbons (Fsp3) is 0.556. The summed E-state index contributed by atoms with van der Waals surface area (Å²) in [5.74, 6) is 0.802. The van der Waals surface area contributed by atoms with Crippen LogP contribution >= 0.6 is 11.3 Å². The minimum absolute atomic E-state index is 0.802. The topological polar surface area (TPSA) is 40.0 Å². The maximum absolute atomic E-state index is 7.64. The maximum atomic E-state index is 7.64. The Morgan fingerprint density at radius 3 is 3.15 bits per heavy atom. The van der Waals surface area contributed by atoms with Gasteiger partial charge in [-0.05, 0) is 6.42 Å². The molecule has 1 fully saturated rings. The quantitative estimate of drug-likeness (QED) is 0.798. The van der Waals surface area contributed by atoms with Crippen molar-refractivity contribution in [2.45, 2.75) is 19.3 Å². The van der Waals surface area contributed by atoms with E-state index in [1.165, 1.54) is 5.01 Å². The van der Waals surface area contributed by atoms with E-state index in [1.54, 1.807) is 11.3 Å². The number of amidine groups is 1. The van der Waals surface area contributed by atoms with Gasteiger partial charge in [-0.2, -0.15) is 0 Å². The Kier molecular flexibility index (Phi) is 2.59. The first-order valence-corrected chi connectivity index (χ1v) is 5.45. The average molecular weight is 195 g/mol. The van der Waals surface area contributed by atoms with E-state index in [-0.39, 0.29) is 0 Å². The molecule has 0 unspecified atom stereocenters. The van der Waals surface area contributed by atoms with Gasteiger partial charge in [0.1, 0.15) is 0 Å². The third-order valence-electron chi connectivity index (χ3n) is 2.30. The molecule has 0 spiro atoms. The molecule has 1 aromatic rings. The molecule has 2 rings (SSSR count). The molecule has 13 heavy (non-hydrogen) atoms. The van der Waals surface area contributed by atoms with Crippen molar-refractivity contribution < 1.29 is 0 Å². The molecule has 1 aliphatic rings. The van der Waals surface area contributed by atoms with Crippen molar-refractivity contribution >= 4 is 17.2 Å². The molecule has 4 heteroatoms. The fourth-order valence-electron chi connectivity index (χ4n) is 1.58.